The van der Waals surface area contributed by atoms with Crippen LogP contribution in [0.25, 0.3) is 0 Å². The van der Waals surface area contributed by atoms with E-state index in [-0.39, 0.29) is 18.6 Å². The largest absolute Gasteiger partial charge is 0.386 e. The molecule has 0 unspecified atom stereocenters. The molecular formula is C19H21FN2O2. The third-order valence-electron chi connectivity index (χ3n) is 3.63. The summed E-state index contributed by atoms with van der Waals surface area (Å²) in [5.74, 6) is -0.675. The molecule has 0 fully saturated rings. The zero-order valence-corrected chi connectivity index (χ0v) is 13.8. The zero-order valence-electron chi connectivity index (χ0n) is 13.8. The minimum absolute atomic E-state index is 0.123. The highest BCUT2D eigenvalue weighted by atomic mass is 19.1. The number of hydrogen-bond donors (Lipinski definition) is 1. The summed E-state index contributed by atoms with van der Waals surface area (Å²) in [6.07, 6.45) is 2.23. The van der Waals surface area contributed by atoms with E-state index in [1.165, 1.54) is 17.8 Å². The molecule has 4 nitrogen and oxygen atoms in total. The first kappa shape index (κ1) is 17.7. The number of halogens is 1. The SMILES string of the molecule is CCc1ccc([C@H](C)NC(=O)CO/N=C\c2ccccc2F)cc1. The van der Waals surface area contributed by atoms with E-state index in [1.54, 1.807) is 18.2 Å². The topological polar surface area (TPSA) is 50.7 Å². The van der Waals surface area contributed by atoms with Crippen LogP contribution in [0.1, 0.15) is 36.6 Å². The van der Waals surface area contributed by atoms with Gasteiger partial charge in [-0.2, -0.15) is 0 Å². The summed E-state index contributed by atoms with van der Waals surface area (Å²) in [7, 11) is 0. The summed E-state index contributed by atoms with van der Waals surface area (Å²) in [5.41, 5.74) is 2.58. The lowest BCUT2D eigenvalue weighted by Crippen LogP contribution is -2.29. The van der Waals surface area contributed by atoms with Gasteiger partial charge < -0.3 is 10.2 Å². The summed E-state index contributed by atoms with van der Waals surface area (Å²) in [4.78, 5) is 16.8. The molecule has 2 aromatic carbocycles. The molecule has 0 heterocycles. The second-order valence-corrected chi connectivity index (χ2v) is 5.41. The number of benzene rings is 2. The van der Waals surface area contributed by atoms with Crippen molar-refractivity contribution >= 4 is 12.1 Å². The van der Waals surface area contributed by atoms with Gasteiger partial charge in [0, 0.05) is 5.56 Å². The molecule has 0 aliphatic heterocycles. The summed E-state index contributed by atoms with van der Waals surface area (Å²) in [6, 6.07) is 14.2. The van der Waals surface area contributed by atoms with Crippen LogP contribution in [0.3, 0.4) is 0 Å². The molecule has 0 aliphatic rings. The van der Waals surface area contributed by atoms with Crippen molar-refractivity contribution in [3.8, 4) is 0 Å². The van der Waals surface area contributed by atoms with Crippen LogP contribution in [0.2, 0.25) is 0 Å². The minimum Gasteiger partial charge on any atom is -0.386 e. The first-order valence-corrected chi connectivity index (χ1v) is 7.88. The fraction of sp³-hybridized carbons (Fsp3) is 0.263. The molecule has 2 rings (SSSR count). The number of nitrogens with zero attached hydrogens (tertiary/aromatic N) is 1. The Kier molecular flexibility index (Phi) is 6.49. The highest BCUT2D eigenvalue weighted by Crippen LogP contribution is 2.13. The molecule has 24 heavy (non-hydrogen) atoms. The predicted octanol–water partition coefficient (Wildman–Crippen LogP) is 3.62. The molecule has 0 radical (unpaired) electrons. The van der Waals surface area contributed by atoms with Gasteiger partial charge in [-0.15, -0.1) is 0 Å². The van der Waals surface area contributed by atoms with Gasteiger partial charge in [0.15, 0.2) is 6.61 Å². The van der Waals surface area contributed by atoms with Gasteiger partial charge in [-0.3, -0.25) is 4.79 Å². The van der Waals surface area contributed by atoms with E-state index in [1.807, 2.05) is 31.2 Å². The van der Waals surface area contributed by atoms with Gasteiger partial charge in [-0.25, -0.2) is 4.39 Å². The van der Waals surface area contributed by atoms with Crippen LogP contribution < -0.4 is 5.32 Å². The van der Waals surface area contributed by atoms with E-state index in [0.717, 1.165) is 12.0 Å². The van der Waals surface area contributed by atoms with Crippen molar-refractivity contribution in [2.45, 2.75) is 26.3 Å². The third-order valence-corrected chi connectivity index (χ3v) is 3.63. The molecule has 2 aromatic rings. The fourth-order valence-corrected chi connectivity index (χ4v) is 2.18. The van der Waals surface area contributed by atoms with Crippen LogP contribution in [-0.4, -0.2) is 18.7 Å². The quantitative estimate of drug-likeness (QED) is 0.623. The van der Waals surface area contributed by atoms with Crippen LogP contribution in [0.4, 0.5) is 4.39 Å². The highest BCUT2D eigenvalue weighted by molar-refractivity contribution is 5.80. The first-order chi connectivity index (χ1) is 11.6. The molecule has 0 bridgehead atoms. The van der Waals surface area contributed by atoms with E-state index in [2.05, 4.69) is 17.4 Å². The second-order valence-electron chi connectivity index (χ2n) is 5.41. The maximum absolute atomic E-state index is 13.4. The van der Waals surface area contributed by atoms with Crippen LogP contribution in [0, 0.1) is 5.82 Å². The number of hydrogen-bond acceptors (Lipinski definition) is 3. The molecule has 0 aromatic heterocycles. The Morgan fingerprint density at radius 1 is 1.25 bits per heavy atom. The molecule has 5 heteroatoms. The molecule has 0 saturated heterocycles. The Morgan fingerprint density at radius 2 is 1.96 bits per heavy atom. The monoisotopic (exact) mass is 328 g/mol. The molecular weight excluding hydrogens is 307 g/mol. The average molecular weight is 328 g/mol. The Balaban J connectivity index is 1.79. The van der Waals surface area contributed by atoms with Crippen molar-refractivity contribution in [3.05, 3.63) is 71.0 Å². The first-order valence-electron chi connectivity index (χ1n) is 7.88. The van der Waals surface area contributed by atoms with Gasteiger partial charge in [0.2, 0.25) is 0 Å². The van der Waals surface area contributed by atoms with Crippen molar-refractivity contribution in [1.29, 1.82) is 0 Å². The zero-order chi connectivity index (χ0) is 17.4. The van der Waals surface area contributed by atoms with Gasteiger partial charge in [0.25, 0.3) is 5.91 Å². The number of carbonyl (C=O) groups excluding carboxylic acids is 1. The maximum atomic E-state index is 13.4. The van der Waals surface area contributed by atoms with Crippen molar-refractivity contribution in [3.63, 3.8) is 0 Å². The normalized spacial score (nSPS) is 12.1. The lowest BCUT2D eigenvalue weighted by molar-refractivity contribution is -0.126. The number of oxime groups is 1. The Labute approximate surface area is 141 Å². The van der Waals surface area contributed by atoms with Crippen molar-refractivity contribution in [2.24, 2.45) is 5.16 Å². The highest BCUT2D eigenvalue weighted by Gasteiger charge is 2.09. The number of amides is 1. The maximum Gasteiger partial charge on any atom is 0.261 e. The van der Waals surface area contributed by atoms with E-state index in [0.29, 0.717) is 5.56 Å². The fourth-order valence-electron chi connectivity index (χ4n) is 2.18. The standard InChI is InChI=1S/C19H21FN2O2/c1-3-15-8-10-16(11-9-15)14(2)22-19(23)13-24-21-12-17-6-4-5-7-18(17)20/h4-12,14H,3,13H2,1-2H3,(H,22,23)/b21-12-/t14-/m0/s1. The number of rotatable bonds is 7. The predicted molar refractivity (Wildman–Crippen MR) is 92.3 cm³/mol. The van der Waals surface area contributed by atoms with Crippen LogP contribution >= 0.6 is 0 Å². The molecule has 0 aliphatic carbocycles. The van der Waals surface area contributed by atoms with Crippen LogP contribution in [0.15, 0.2) is 53.7 Å². The van der Waals surface area contributed by atoms with Crippen LogP contribution in [-0.2, 0) is 16.1 Å². The van der Waals surface area contributed by atoms with Gasteiger partial charge in [-0.05, 0) is 30.5 Å². The third kappa shape index (κ3) is 5.19. The smallest absolute Gasteiger partial charge is 0.261 e. The lowest BCUT2D eigenvalue weighted by Gasteiger charge is -2.14. The second kappa shape index (κ2) is 8.82. The molecule has 0 saturated carbocycles. The number of nitrogens with one attached hydrogen (secondary N) is 1. The Hall–Kier alpha value is -2.69. The van der Waals surface area contributed by atoms with Gasteiger partial charge >= 0.3 is 0 Å². The van der Waals surface area contributed by atoms with Crippen molar-refractivity contribution in [2.75, 3.05) is 6.61 Å². The van der Waals surface area contributed by atoms with Crippen molar-refractivity contribution in [1.82, 2.24) is 5.32 Å². The van der Waals surface area contributed by atoms with Crippen LogP contribution in [0.5, 0.6) is 0 Å². The Morgan fingerprint density at radius 3 is 2.62 bits per heavy atom. The molecule has 1 N–H and O–H groups in total. The molecule has 0 spiro atoms. The lowest BCUT2D eigenvalue weighted by atomic mass is 10.1. The summed E-state index contributed by atoms with van der Waals surface area (Å²) >= 11 is 0. The molecule has 1 atom stereocenters. The van der Waals surface area contributed by atoms with Crippen molar-refractivity contribution < 1.29 is 14.0 Å². The van der Waals surface area contributed by atoms with E-state index in [9.17, 15) is 9.18 Å². The van der Waals surface area contributed by atoms with E-state index in [4.69, 9.17) is 4.84 Å². The summed E-state index contributed by atoms with van der Waals surface area (Å²) in [6.45, 7) is 3.78. The molecule has 126 valence electrons. The Bertz CT molecular complexity index is 699. The van der Waals surface area contributed by atoms with E-state index >= 15 is 0 Å². The summed E-state index contributed by atoms with van der Waals surface area (Å²) < 4.78 is 13.4. The summed E-state index contributed by atoms with van der Waals surface area (Å²) in [5, 5.41) is 6.45. The number of aryl methyl sites for hydroxylation is 1. The van der Waals surface area contributed by atoms with Gasteiger partial charge in [0.05, 0.1) is 12.3 Å². The average Bonchev–Trinajstić information content (AvgIpc) is 2.60. The van der Waals surface area contributed by atoms with Gasteiger partial charge in [-0.1, -0.05) is 54.5 Å². The minimum atomic E-state index is -0.390. The van der Waals surface area contributed by atoms with Gasteiger partial charge in [0.1, 0.15) is 5.82 Å². The number of carbonyl (C=O) groups is 1. The van der Waals surface area contributed by atoms with E-state index < -0.39 is 5.82 Å². The molecule has 1 amide bonds.